The molecule has 3 nitrogen and oxygen atoms in total. The number of carbonyl (C=O) groups excluding carboxylic acids is 1. The Labute approximate surface area is 109 Å². The number of ether oxygens (including phenoxy) is 2. The van der Waals surface area contributed by atoms with Gasteiger partial charge in [0.2, 0.25) is 0 Å². The van der Waals surface area contributed by atoms with Crippen molar-refractivity contribution in [2.45, 2.75) is 26.3 Å². The first kappa shape index (κ1) is 14.7. The molecule has 0 saturated carbocycles. The molecule has 0 saturated heterocycles. The number of hydrogen-bond acceptors (Lipinski definition) is 3. The molecule has 0 atom stereocenters. The van der Waals surface area contributed by atoms with E-state index in [1.807, 2.05) is 0 Å². The van der Waals surface area contributed by atoms with Crippen LogP contribution in [0.15, 0.2) is 12.1 Å². The molecule has 0 N–H and O–H groups in total. The third-order valence-electron chi connectivity index (χ3n) is 2.20. The number of aryl methyl sites for hydroxylation is 1. The van der Waals surface area contributed by atoms with E-state index < -0.39 is 12.6 Å². The Kier molecular flexibility index (Phi) is 5.34. The molecule has 0 spiro atoms. The average molecular weight is 279 g/mol. The summed E-state index contributed by atoms with van der Waals surface area (Å²) in [7, 11) is 0. The summed E-state index contributed by atoms with van der Waals surface area (Å²) >= 11 is 5.68. The van der Waals surface area contributed by atoms with Gasteiger partial charge in [-0.25, -0.2) is 4.79 Å². The van der Waals surface area contributed by atoms with E-state index in [0.717, 1.165) is 0 Å². The van der Waals surface area contributed by atoms with Crippen LogP contribution in [0.25, 0.3) is 0 Å². The predicted molar refractivity (Wildman–Crippen MR) is 63.3 cm³/mol. The van der Waals surface area contributed by atoms with Crippen molar-refractivity contribution in [2.75, 3.05) is 6.61 Å². The first-order chi connectivity index (χ1) is 8.49. The molecule has 1 rings (SSSR count). The molecule has 6 heteroatoms. The largest absolute Gasteiger partial charge is 0.462 e. The summed E-state index contributed by atoms with van der Waals surface area (Å²) < 4.78 is 33.7. The van der Waals surface area contributed by atoms with Gasteiger partial charge in [0.15, 0.2) is 0 Å². The SMILES string of the molecule is CCOC(=O)c1cc(C)cc(OC(F)F)c1CCl. The molecule has 1 aromatic carbocycles. The highest BCUT2D eigenvalue weighted by atomic mass is 35.5. The summed E-state index contributed by atoms with van der Waals surface area (Å²) in [6.07, 6.45) is 0. The van der Waals surface area contributed by atoms with E-state index in [-0.39, 0.29) is 29.4 Å². The first-order valence-corrected chi connectivity index (χ1v) is 5.84. The molecular formula is C12H13ClF2O3. The van der Waals surface area contributed by atoms with Gasteiger partial charge >= 0.3 is 12.6 Å². The van der Waals surface area contributed by atoms with Crippen LogP contribution in [0.5, 0.6) is 5.75 Å². The molecule has 0 aromatic heterocycles. The Morgan fingerprint density at radius 3 is 2.61 bits per heavy atom. The number of benzene rings is 1. The zero-order valence-corrected chi connectivity index (χ0v) is 10.8. The zero-order valence-electron chi connectivity index (χ0n) is 10.0. The molecule has 0 aliphatic rings. The smallest absolute Gasteiger partial charge is 0.387 e. The van der Waals surface area contributed by atoms with E-state index in [1.165, 1.54) is 12.1 Å². The van der Waals surface area contributed by atoms with Crippen LogP contribution in [0.4, 0.5) is 8.78 Å². The number of hydrogen-bond donors (Lipinski definition) is 0. The lowest BCUT2D eigenvalue weighted by molar-refractivity contribution is -0.0504. The van der Waals surface area contributed by atoms with E-state index in [2.05, 4.69) is 4.74 Å². The van der Waals surface area contributed by atoms with Crippen LogP contribution in [-0.2, 0) is 10.6 Å². The molecular weight excluding hydrogens is 266 g/mol. The minimum atomic E-state index is -2.97. The van der Waals surface area contributed by atoms with Crippen molar-refractivity contribution in [2.24, 2.45) is 0 Å². The zero-order chi connectivity index (χ0) is 13.7. The molecule has 0 radical (unpaired) electrons. The van der Waals surface area contributed by atoms with Crippen molar-refractivity contribution >= 4 is 17.6 Å². The Morgan fingerprint density at radius 1 is 1.44 bits per heavy atom. The lowest BCUT2D eigenvalue weighted by atomic mass is 10.0. The molecule has 0 bridgehead atoms. The maximum atomic E-state index is 12.3. The maximum Gasteiger partial charge on any atom is 0.387 e. The Balaban J connectivity index is 3.23. The van der Waals surface area contributed by atoms with Gasteiger partial charge in [0.25, 0.3) is 0 Å². The highest BCUT2D eigenvalue weighted by Gasteiger charge is 2.19. The fourth-order valence-electron chi connectivity index (χ4n) is 1.51. The second-order valence-corrected chi connectivity index (χ2v) is 3.79. The predicted octanol–water partition coefficient (Wildman–Crippen LogP) is 3.51. The average Bonchev–Trinajstić information content (AvgIpc) is 2.27. The fourth-order valence-corrected chi connectivity index (χ4v) is 1.79. The molecule has 0 aliphatic carbocycles. The van der Waals surface area contributed by atoms with Gasteiger partial charge in [-0.2, -0.15) is 8.78 Å². The molecule has 0 unspecified atom stereocenters. The summed E-state index contributed by atoms with van der Waals surface area (Å²) in [4.78, 5) is 11.7. The number of esters is 1. The molecule has 100 valence electrons. The van der Waals surface area contributed by atoms with Crippen molar-refractivity contribution < 1.29 is 23.0 Å². The lowest BCUT2D eigenvalue weighted by Crippen LogP contribution is -2.11. The van der Waals surface area contributed by atoms with E-state index in [4.69, 9.17) is 16.3 Å². The summed E-state index contributed by atoms with van der Waals surface area (Å²) in [6, 6.07) is 2.95. The third-order valence-corrected chi connectivity index (χ3v) is 2.47. The standard InChI is InChI=1S/C12H13ClF2O3/c1-3-17-11(16)8-4-7(2)5-10(9(8)6-13)18-12(14)15/h4-5,12H,3,6H2,1-2H3. The van der Waals surface area contributed by atoms with Crippen LogP contribution in [-0.4, -0.2) is 19.2 Å². The topological polar surface area (TPSA) is 35.5 Å². The number of rotatable bonds is 5. The second kappa shape index (κ2) is 6.54. The van der Waals surface area contributed by atoms with Gasteiger partial charge in [0.1, 0.15) is 5.75 Å². The lowest BCUT2D eigenvalue weighted by Gasteiger charge is -2.14. The minimum absolute atomic E-state index is 0.0944. The molecule has 18 heavy (non-hydrogen) atoms. The van der Waals surface area contributed by atoms with Gasteiger partial charge < -0.3 is 9.47 Å². The summed E-state index contributed by atoms with van der Waals surface area (Å²) in [5, 5.41) is 0. The highest BCUT2D eigenvalue weighted by molar-refractivity contribution is 6.18. The Morgan fingerprint density at radius 2 is 2.11 bits per heavy atom. The number of carbonyl (C=O) groups is 1. The van der Waals surface area contributed by atoms with Crippen molar-refractivity contribution in [1.29, 1.82) is 0 Å². The molecule has 0 fully saturated rings. The minimum Gasteiger partial charge on any atom is -0.462 e. The normalized spacial score (nSPS) is 10.6. The Bertz CT molecular complexity index is 436. The Hall–Kier alpha value is -1.36. The van der Waals surface area contributed by atoms with Gasteiger partial charge in [0, 0.05) is 5.56 Å². The van der Waals surface area contributed by atoms with Gasteiger partial charge in [-0.1, -0.05) is 0 Å². The number of alkyl halides is 3. The summed E-state index contributed by atoms with van der Waals surface area (Å²) in [5.41, 5.74) is 0.978. The van der Waals surface area contributed by atoms with Crippen molar-refractivity contribution in [3.8, 4) is 5.75 Å². The van der Waals surface area contributed by atoms with Crippen LogP contribution < -0.4 is 4.74 Å². The van der Waals surface area contributed by atoms with Gasteiger partial charge in [-0.15, -0.1) is 11.6 Å². The number of halogens is 3. The summed E-state index contributed by atoms with van der Waals surface area (Å²) in [5.74, 6) is -0.810. The molecule has 0 heterocycles. The molecule has 0 amide bonds. The molecule has 1 aromatic rings. The fraction of sp³-hybridized carbons (Fsp3) is 0.417. The van der Waals surface area contributed by atoms with E-state index in [1.54, 1.807) is 13.8 Å². The van der Waals surface area contributed by atoms with Crippen molar-refractivity contribution in [3.63, 3.8) is 0 Å². The van der Waals surface area contributed by atoms with E-state index in [0.29, 0.717) is 5.56 Å². The quantitative estimate of drug-likeness (QED) is 0.611. The van der Waals surface area contributed by atoms with Crippen LogP contribution >= 0.6 is 11.6 Å². The van der Waals surface area contributed by atoms with E-state index >= 15 is 0 Å². The van der Waals surface area contributed by atoms with Crippen molar-refractivity contribution in [3.05, 3.63) is 28.8 Å². The van der Waals surface area contributed by atoms with Crippen LogP contribution in [0.3, 0.4) is 0 Å². The highest BCUT2D eigenvalue weighted by Crippen LogP contribution is 2.28. The van der Waals surface area contributed by atoms with Gasteiger partial charge in [-0.05, 0) is 31.5 Å². The van der Waals surface area contributed by atoms with Gasteiger partial charge in [-0.3, -0.25) is 0 Å². The van der Waals surface area contributed by atoms with Crippen LogP contribution in [0.1, 0.15) is 28.4 Å². The monoisotopic (exact) mass is 278 g/mol. The van der Waals surface area contributed by atoms with Crippen LogP contribution in [0.2, 0.25) is 0 Å². The summed E-state index contributed by atoms with van der Waals surface area (Å²) in [6.45, 7) is 0.548. The van der Waals surface area contributed by atoms with Crippen molar-refractivity contribution in [1.82, 2.24) is 0 Å². The third kappa shape index (κ3) is 3.57. The van der Waals surface area contributed by atoms with Crippen LogP contribution in [0, 0.1) is 6.92 Å². The van der Waals surface area contributed by atoms with E-state index in [9.17, 15) is 13.6 Å². The molecule has 0 aliphatic heterocycles. The second-order valence-electron chi connectivity index (χ2n) is 3.52. The van der Waals surface area contributed by atoms with Gasteiger partial charge in [0.05, 0.1) is 18.1 Å². The maximum absolute atomic E-state index is 12.3. The first-order valence-electron chi connectivity index (χ1n) is 5.31.